The topological polar surface area (TPSA) is 113 Å². The lowest BCUT2D eigenvalue weighted by Crippen LogP contribution is -2.16. The smallest absolute Gasteiger partial charge is 0.275 e. The van der Waals surface area contributed by atoms with Gasteiger partial charge in [0.05, 0.1) is 23.3 Å². The summed E-state index contributed by atoms with van der Waals surface area (Å²) in [4.78, 5) is 9.94. The Morgan fingerprint density at radius 2 is 2.05 bits per heavy atom. The summed E-state index contributed by atoms with van der Waals surface area (Å²) in [5.74, 6) is -1.09. The molecule has 2 N–H and O–H groups in total. The molecule has 0 spiro atoms. The molecule has 1 rings (SSSR count). The van der Waals surface area contributed by atoms with Gasteiger partial charge >= 0.3 is 0 Å². The zero-order chi connectivity index (χ0) is 15.3. The lowest BCUT2D eigenvalue weighted by molar-refractivity contribution is -0.385. The quantitative estimate of drug-likeness (QED) is 0.466. The van der Waals surface area contributed by atoms with E-state index in [0.717, 1.165) is 6.07 Å². The van der Waals surface area contributed by atoms with E-state index < -0.39 is 20.8 Å². The molecule has 1 aromatic carbocycles. The number of hydrogen-bond donors (Lipinski definition) is 1. The van der Waals surface area contributed by atoms with E-state index in [-0.39, 0.29) is 29.4 Å². The number of unbranched alkanes of at least 4 members (excludes halogenated alkanes) is 1. The molecular weight excluding hydrogens is 291 g/mol. The molecule has 0 fully saturated rings. The number of halogens is 1. The van der Waals surface area contributed by atoms with Gasteiger partial charge in [-0.1, -0.05) is 0 Å². The summed E-state index contributed by atoms with van der Waals surface area (Å²) in [6.07, 6.45) is 0.679. The van der Waals surface area contributed by atoms with E-state index in [1.807, 2.05) is 0 Å². The van der Waals surface area contributed by atoms with Crippen LogP contribution in [0.1, 0.15) is 18.4 Å². The highest BCUT2D eigenvalue weighted by Crippen LogP contribution is 2.27. The molecule has 0 aromatic heterocycles. The molecule has 0 saturated carbocycles. The minimum absolute atomic E-state index is 0.0938. The zero-order valence-electron chi connectivity index (χ0n) is 10.8. The van der Waals surface area contributed by atoms with Gasteiger partial charge < -0.3 is 4.74 Å². The maximum absolute atomic E-state index is 13.5. The van der Waals surface area contributed by atoms with Gasteiger partial charge in [-0.25, -0.2) is 17.9 Å². The third kappa shape index (κ3) is 5.10. The molecule has 0 saturated heterocycles. The minimum Gasteiger partial charge on any atom is -0.491 e. The standard InChI is InChI=1S/C11H15FN2O5S/c1-8-6-11(9(12)7-10(8)14(15)16)19-4-2-3-5-20(13,17)18/h6-7H,2-5H2,1H3,(H2,13,17,18). The molecule has 1 aromatic rings. The van der Waals surface area contributed by atoms with Gasteiger partial charge in [-0.2, -0.15) is 0 Å². The predicted molar refractivity (Wildman–Crippen MR) is 70.5 cm³/mol. The van der Waals surface area contributed by atoms with E-state index in [0.29, 0.717) is 12.8 Å². The van der Waals surface area contributed by atoms with E-state index in [2.05, 4.69) is 0 Å². The molecule has 20 heavy (non-hydrogen) atoms. The van der Waals surface area contributed by atoms with Crippen LogP contribution in [0, 0.1) is 22.9 Å². The maximum Gasteiger partial charge on any atom is 0.275 e. The monoisotopic (exact) mass is 306 g/mol. The van der Waals surface area contributed by atoms with Crippen molar-refractivity contribution in [3.63, 3.8) is 0 Å². The fourth-order valence-corrected chi connectivity index (χ4v) is 2.15. The average Bonchev–Trinajstić information content (AvgIpc) is 2.30. The van der Waals surface area contributed by atoms with Crippen LogP contribution < -0.4 is 9.88 Å². The van der Waals surface area contributed by atoms with Crippen molar-refractivity contribution in [3.05, 3.63) is 33.6 Å². The first-order chi connectivity index (χ1) is 9.20. The third-order valence-corrected chi connectivity index (χ3v) is 3.39. The van der Waals surface area contributed by atoms with Crippen LogP contribution in [0.15, 0.2) is 12.1 Å². The molecule has 0 unspecified atom stereocenters. The van der Waals surface area contributed by atoms with E-state index in [9.17, 15) is 22.9 Å². The first-order valence-corrected chi connectivity index (χ1v) is 7.50. The van der Waals surface area contributed by atoms with Gasteiger partial charge in [0.25, 0.3) is 5.69 Å². The Labute approximate surface area is 115 Å². The number of benzene rings is 1. The van der Waals surface area contributed by atoms with Gasteiger partial charge in [0.2, 0.25) is 10.0 Å². The average molecular weight is 306 g/mol. The number of nitrogens with two attached hydrogens (primary N) is 1. The highest BCUT2D eigenvalue weighted by molar-refractivity contribution is 7.89. The largest absolute Gasteiger partial charge is 0.491 e. The van der Waals surface area contributed by atoms with Gasteiger partial charge in [0.1, 0.15) is 0 Å². The Kier molecular flexibility index (Phi) is 5.40. The van der Waals surface area contributed by atoms with Crippen molar-refractivity contribution in [3.8, 4) is 5.75 Å². The molecule has 0 radical (unpaired) electrons. The van der Waals surface area contributed by atoms with Crippen LogP contribution >= 0.6 is 0 Å². The van der Waals surface area contributed by atoms with Crippen molar-refractivity contribution in [2.24, 2.45) is 5.14 Å². The first kappa shape index (κ1) is 16.3. The molecular formula is C11H15FN2O5S. The van der Waals surface area contributed by atoms with Crippen molar-refractivity contribution < 1.29 is 22.5 Å². The minimum atomic E-state index is -3.50. The molecule has 9 heteroatoms. The second kappa shape index (κ2) is 6.62. The number of primary sulfonamides is 1. The number of aryl methyl sites for hydroxylation is 1. The van der Waals surface area contributed by atoms with Crippen LogP contribution in [0.2, 0.25) is 0 Å². The maximum atomic E-state index is 13.5. The molecule has 0 bridgehead atoms. The Bertz CT molecular complexity index is 603. The van der Waals surface area contributed by atoms with E-state index in [1.54, 1.807) is 0 Å². The number of nitro groups is 1. The van der Waals surface area contributed by atoms with Crippen molar-refractivity contribution in [2.75, 3.05) is 12.4 Å². The van der Waals surface area contributed by atoms with Gasteiger partial charge in [-0.05, 0) is 25.8 Å². The van der Waals surface area contributed by atoms with Crippen molar-refractivity contribution in [1.29, 1.82) is 0 Å². The summed E-state index contributed by atoms with van der Waals surface area (Å²) < 4.78 is 40.0. The van der Waals surface area contributed by atoms with Crippen LogP contribution in [-0.4, -0.2) is 25.7 Å². The fourth-order valence-electron chi connectivity index (χ4n) is 1.54. The van der Waals surface area contributed by atoms with E-state index in [1.165, 1.54) is 13.0 Å². The van der Waals surface area contributed by atoms with Crippen molar-refractivity contribution in [1.82, 2.24) is 0 Å². The van der Waals surface area contributed by atoms with Gasteiger partial charge in [0.15, 0.2) is 11.6 Å². The summed E-state index contributed by atoms with van der Waals surface area (Å²) in [6.45, 7) is 1.58. The summed E-state index contributed by atoms with van der Waals surface area (Å²) >= 11 is 0. The van der Waals surface area contributed by atoms with Crippen LogP contribution in [0.5, 0.6) is 5.75 Å². The molecule has 0 aliphatic heterocycles. The van der Waals surface area contributed by atoms with Gasteiger partial charge in [-0.15, -0.1) is 0 Å². The second-order valence-corrected chi connectivity index (χ2v) is 5.98. The SMILES string of the molecule is Cc1cc(OCCCCS(N)(=O)=O)c(F)cc1[N+](=O)[O-]. The number of hydrogen-bond acceptors (Lipinski definition) is 5. The number of rotatable bonds is 7. The summed E-state index contributed by atoms with van der Waals surface area (Å²) in [5.41, 5.74) is -0.0278. The van der Waals surface area contributed by atoms with Crippen molar-refractivity contribution >= 4 is 15.7 Å². The molecule has 0 heterocycles. The summed E-state index contributed by atoms with van der Waals surface area (Å²) in [7, 11) is -3.50. The normalized spacial score (nSPS) is 11.3. The molecule has 0 amide bonds. The Morgan fingerprint density at radius 1 is 1.40 bits per heavy atom. The third-order valence-electron chi connectivity index (χ3n) is 2.53. The molecule has 0 aliphatic rings. The summed E-state index contributed by atoms with van der Waals surface area (Å²) in [6, 6.07) is 2.04. The second-order valence-electron chi connectivity index (χ2n) is 4.25. The van der Waals surface area contributed by atoms with Crippen LogP contribution in [0.25, 0.3) is 0 Å². The van der Waals surface area contributed by atoms with Crippen molar-refractivity contribution in [2.45, 2.75) is 19.8 Å². The number of ether oxygens (including phenoxy) is 1. The molecule has 0 atom stereocenters. The lowest BCUT2D eigenvalue weighted by Gasteiger charge is -2.08. The number of sulfonamides is 1. The van der Waals surface area contributed by atoms with Gasteiger partial charge in [0, 0.05) is 5.56 Å². The Hall–Kier alpha value is -1.74. The number of nitro benzene ring substituents is 1. The molecule has 7 nitrogen and oxygen atoms in total. The summed E-state index contributed by atoms with van der Waals surface area (Å²) in [5, 5.41) is 15.4. The van der Waals surface area contributed by atoms with Crippen LogP contribution in [0.4, 0.5) is 10.1 Å². The first-order valence-electron chi connectivity index (χ1n) is 5.78. The highest BCUT2D eigenvalue weighted by atomic mass is 32.2. The molecule has 0 aliphatic carbocycles. The highest BCUT2D eigenvalue weighted by Gasteiger charge is 2.16. The zero-order valence-corrected chi connectivity index (χ0v) is 11.7. The Balaban J connectivity index is 2.57. The Morgan fingerprint density at radius 3 is 2.60 bits per heavy atom. The van der Waals surface area contributed by atoms with E-state index >= 15 is 0 Å². The van der Waals surface area contributed by atoms with Gasteiger partial charge in [-0.3, -0.25) is 10.1 Å². The fraction of sp³-hybridized carbons (Fsp3) is 0.455. The molecule has 112 valence electrons. The number of nitrogens with zero attached hydrogens (tertiary/aromatic N) is 1. The predicted octanol–water partition coefficient (Wildman–Crippen LogP) is 1.49. The van der Waals surface area contributed by atoms with Crippen LogP contribution in [0.3, 0.4) is 0 Å². The van der Waals surface area contributed by atoms with Crippen LogP contribution in [-0.2, 0) is 10.0 Å². The van der Waals surface area contributed by atoms with E-state index in [4.69, 9.17) is 9.88 Å². The lowest BCUT2D eigenvalue weighted by atomic mass is 10.2.